The fraction of sp³-hybridized carbons (Fsp3) is 0.467. The molecule has 5 heteroatoms. The maximum Gasteiger partial charge on any atom is 0.251 e. The predicted octanol–water partition coefficient (Wildman–Crippen LogP) is 1.87. The Labute approximate surface area is 124 Å². The fourth-order valence-corrected chi connectivity index (χ4v) is 2.32. The number of methoxy groups -OCH3 is 1. The first-order valence-electron chi connectivity index (χ1n) is 6.73. The van der Waals surface area contributed by atoms with E-state index in [1.54, 1.807) is 31.4 Å². The van der Waals surface area contributed by atoms with Gasteiger partial charge in [-0.15, -0.1) is 0 Å². The van der Waals surface area contributed by atoms with Crippen LogP contribution in [0.25, 0.3) is 0 Å². The number of nitrogens with one attached hydrogen (secondary N) is 1. The third-order valence-electron chi connectivity index (χ3n) is 3.83. The van der Waals surface area contributed by atoms with Gasteiger partial charge in [-0.2, -0.15) is 0 Å². The fourth-order valence-electron chi connectivity index (χ4n) is 2.19. The molecule has 0 atom stereocenters. The molecule has 1 amide bonds. The smallest absolute Gasteiger partial charge is 0.251 e. The van der Waals surface area contributed by atoms with E-state index in [2.05, 4.69) is 5.32 Å². The van der Waals surface area contributed by atoms with Gasteiger partial charge in [0, 0.05) is 31.4 Å². The summed E-state index contributed by atoms with van der Waals surface area (Å²) in [4.78, 5) is 12.4. The van der Waals surface area contributed by atoms with Crippen molar-refractivity contribution < 1.29 is 9.53 Å². The van der Waals surface area contributed by atoms with Gasteiger partial charge >= 0.3 is 0 Å². The maximum absolute atomic E-state index is 12.1. The lowest BCUT2D eigenvalue weighted by molar-refractivity contribution is 0.0938. The zero-order valence-electron chi connectivity index (χ0n) is 11.6. The normalized spacial score (nSPS) is 15.7. The Morgan fingerprint density at radius 1 is 1.45 bits per heavy atom. The summed E-state index contributed by atoms with van der Waals surface area (Å²) in [5, 5.41) is 3.00. The maximum atomic E-state index is 12.1. The van der Waals surface area contributed by atoms with Crippen molar-refractivity contribution in [2.45, 2.75) is 19.3 Å². The molecule has 4 nitrogen and oxygen atoms in total. The standard InChI is InChI=1S/C15H20N2O2S/c1-19-8-7-15(5-6-15)10-17-14(18)12-4-2-3-11(9-12)13(16)20/h2-4,9H,5-8,10H2,1H3,(H2,16,20)(H,17,18). The minimum Gasteiger partial charge on any atom is -0.389 e. The molecular formula is C15H20N2O2S. The second kappa shape index (κ2) is 6.33. The van der Waals surface area contributed by atoms with E-state index in [0.717, 1.165) is 25.9 Å². The number of carbonyl (C=O) groups is 1. The molecule has 0 radical (unpaired) electrons. The van der Waals surface area contributed by atoms with Crippen LogP contribution in [-0.2, 0) is 4.74 Å². The van der Waals surface area contributed by atoms with Crippen molar-refractivity contribution >= 4 is 23.1 Å². The van der Waals surface area contributed by atoms with E-state index in [1.165, 1.54) is 0 Å². The van der Waals surface area contributed by atoms with Crippen LogP contribution in [0.15, 0.2) is 24.3 Å². The Balaban J connectivity index is 1.92. The molecule has 0 unspecified atom stereocenters. The quantitative estimate of drug-likeness (QED) is 0.753. The molecule has 1 saturated carbocycles. The van der Waals surface area contributed by atoms with E-state index >= 15 is 0 Å². The Morgan fingerprint density at radius 3 is 2.75 bits per heavy atom. The first kappa shape index (κ1) is 14.9. The second-order valence-corrected chi connectivity index (χ2v) is 5.81. The van der Waals surface area contributed by atoms with Crippen LogP contribution < -0.4 is 11.1 Å². The van der Waals surface area contributed by atoms with Gasteiger partial charge in [0.05, 0.1) is 0 Å². The van der Waals surface area contributed by atoms with E-state index in [-0.39, 0.29) is 11.3 Å². The lowest BCUT2D eigenvalue weighted by atomic mass is 10.0. The van der Waals surface area contributed by atoms with Crippen LogP contribution in [0, 0.1) is 5.41 Å². The SMILES string of the molecule is COCCC1(CNC(=O)c2cccc(C(N)=S)c2)CC1. The van der Waals surface area contributed by atoms with Gasteiger partial charge in [0.25, 0.3) is 5.91 Å². The zero-order chi connectivity index (χ0) is 14.6. The highest BCUT2D eigenvalue weighted by atomic mass is 32.1. The summed E-state index contributed by atoms with van der Waals surface area (Å²) in [6.07, 6.45) is 3.31. The summed E-state index contributed by atoms with van der Waals surface area (Å²) in [6, 6.07) is 7.10. The molecule has 0 saturated heterocycles. The van der Waals surface area contributed by atoms with E-state index in [0.29, 0.717) is 22.7 Å². The Hall–Kier alpha value is -1.46. The number of ether oxygens (including phenoxy) is 1. The number of carbonyl (C=O) groups excluding carboxylic acids is 1. The second-order valence-electron chi connectivity index (χ2n) is 5.37. The molecule has 1 aliphatic carbocycles. The van der Waals surface area contributed by atoms with Gasteiger partial charge in [-0.1, -0.05) is 24.4 Å². The van der Waals surface area contributed by atoms with Crippen LogP contribution in [0.3, 0.4) is 0 Å². The van der Waals surface area contributed by atoms with Crippen molar-refractivity contribution in [1.29, 1.82) is 0 Å². The van der Waals surface area contributed by atoms with Crippen LogP contribution in [0.2, 0.25) is 0 Å². The summed E-state index contributed by atoms with van der Waals surface area (Å²) in [5.41, 5.74) is 7.13. The third-order valence-corrected chi connectivity index (χ3v) is 4.06. The van der Waals surface area contributed by atoms with Gasteiger partial charge < -0.3 is 15.8 Å². The lowest BCUT2D eigenvalue weighted by Crippen LogP contribution is -2.31. The molecule has 1 fully saturated rings. The molecule has 0 spiro atoms. The molecule has 0 bridgehead atoms. The zero-order valence-corrected chi connectivity index (χ0v) is 12.5. The van der Waals surface area contributed by atoms with Crippen molar-refractivity contribution in [1.82, 2.24) is 5.32 Å². The van der Waals surface area contributed by atoms with Crippen molar-refractivity contribution in [2.75, 3.05) is 20.3 Å². The molecule has 1 aromatic carbocycles. The van der Waals surface area contributed by atoms with Crippen molar-refractivity contribution in [3.05, 3.63) is 35.4 Å². The highest BCUT2D eigenvalue weighted by molar-refractivity contribution is 7.80. The lowest BCUT2D eigenvalue weighted by Gasteiger charge is -2.15. The molecule has 108 valence electrons. The van der Waals surface area contributed by atoms with Crippen LogP contribution in [0.1, 0.15) is 35.2 Å². The molecule has 3 N–H and O–H groups in total. The average Bonchev–Trinajstić information content (AvgIpc) is 3.23. The Bertz CT molecular complexity index is 512. The topological polar surface area (TPSA) is 64.3 Å². The average molecular weight is 292 g/mol. The number of hydrogen-bond acceptors (Lipinski definition) is 3. The third kappa shape index (κ3) is 3.77. The molecule has 0 aromatic heterocycles. The molecule has 1 aliphatic rings. The number of benzene rings is 1. The summed E-state index contributed by atoms with van der Waals surface area (Å²) < 4.78 is 5.11. The van der Waals surface area contributed by atoms with Gasteiger partial charge in [-0.25, -0.2) is 0 Å². The van der Waals surface area contributed by atoms with Gasteiger partial charge in [-0.3, -0.25) is 4.79 Å². The van der Waals surface area contributed by atoms with Gasteiger partial charge in [0.1, 0.15) is 4.99 Å². The number of hydrogen-bond donors (Lipinski definition) is 2. The van der Waals surface area contributed by atoms with Gasteiger partial charge in [0.15, 0.2) is 0 Å². The first-order valence-corrected chi connectivity index (χ1v) is 7.14. The minimum absolute atomic E-state index is 0.0770. The van der Waals surface area contributed by atoms with E-state index in [1.807, 2.05) is 0 Å². The minimum atomic E-state index is -0.0770. The number of rotatable bonds is 7. The molecule has 1 aromatic rings. The van der Waals surface area contributed by atoms with Crippen LogP contribution in [0.4, 0.5) is 0 Å². The molecule has 2 rings (SSSR count). The van der Waals surface area contributed by atoms with Gasteiger partial charge in [-0.05, 0) is 36.8 Å². The molecule has 0 heterocycles. The van der Waals surface area contributed by atoms with Gasteiger partial charge in [0.2, 0.25) is 0 Å². The van der Waals surface area contributed by atoms with Crippen molar-refractivity contribution in [3.63, 3.8) is 0 Å². The van der Waals surface area contributed by atoms with Crippen molar-refractivity contribution in [3.8, 4) is 0 Å². The molecule has 20 heavy (non-hydrogen) atoms. The highest BCUT2D eigenvalue weighted by Gasteiger charge is 2.42. The first-order chi connectivity index (χ1) is 9.56. The number of thiocarbonyl (C=S) groups is 1. The predicted molar refractivity (Wildman–Crippen MR) is 82.8 cm³/mol. The van der Waals surface area contributed by atoms with E-state index < -0.39 is 0 Å². The van der Waals surface area contributed by atoms with E-state index in [9.17, 15) is 4.79 Å². The monoisotopic (exact) mass is 292 g/mol. The summed E-state index contributed by atoms with van der Waals surface area (Å²) in [6.45, 7) is 1.44. The van der Waals surface area contributed by atoms with Crippen LogP contribution in [0.5, 0.6) is 0 Å². The largest absolute Gasteiger partial charge is 0.389 e. The summed E-state index contributed by atoms with van der Waals surface area (Å²) in [5.74, 6) is -0.0770. The van der Waals surface area contributed by atoms with Crippen molar-refractivity contribution in [2.24, 2.45) is 11.1 Å². The highest BCUT2D eigenvalue weighted by Crippen LogP contribution is 2.48. The molecule has 0 aliphatic heterocycles. The number of nitrogens with two attached hydrogens (primary N) is 1. The molecular weight excluding hydrogens is 272 g/mol. The Morgan fingerprint density at radius 2 is 2.15 bits per heavy atom. The van der Waals surface area contributed by atoms with E-state index in [4.69, 9.17) is 22.7 Å². The van der Waals surface area contributed by atoms with Crippen LogP contribution in [-0.4, -0.2) is 31.2 Å². The number of amides is 1. The Kier molecular flexibility index (Phi) is 4.73. The summed E-state index contributed by atoms with van der Waals surface area (Å²) >= 11 is 4.92. The summed E-state index contributed by atoms with van der Waals surface area (Å²) in [7, 11) is 1.70. The van der Waals surface area contributed by atoms with Crippen LogP contribution >= 0.6 is 12.2 Å².